The Kier molecular flexibility index (Phi) is 5.27. The zero-order valence-electron chi connectivity index (χ0n) is 17.8. The smallest absolute Gasteiger partial charge is 0.170 e. The second-order valence-corrected chi connectivity index (χ2v) is 8.36. The number of hydrogen-bond acceptors (Lipinski definition) is 3. The van der Waals surface area contributed by atoms with Gasteiger partial charge in [-0.25, -0.2) is 4.39 Å². The topological polar surface area (TPSA) is 46.2 Å². The fourth-order valence-electron chi connectivity index (χ4n) is 4.58. The van der Waals surface area contributed by atoms with Gasteiger partial charge in [0.25, 0.3) is 0 Å². The van der Waals surface area contributed by atoms with Gasteiger partial charge in [-0.2, -0.15) is 0 Å². The highest BCUT2D eigenvalue weighted by molar-refractivity contribution is 7.80. The molecule has 5 rings (SSSR count). The first-order valence-corrected chi connectivity index (χ1v) is 10.9. The minimum Gasteiger partial charge on any atom is -0.467 e. The Balaban J connectivity index is 1.63. The van der Waals surface area contributed by atoms with Crippen LogP contribution in [0.5, 0.6) is 0 Å². The monoisotopic (exact) mass is 446 g/mol. The molecule has 0 saturated carbocycles. The second kappa shape index (κ2) is 8.24. The molecule has 5 nitrogen and oxygen atoms in total. The Morgan fingerprint density at radius 1 is 1.09 bits per heavy atom. The first-order valence-electron chi connectivity index (χ1n) is 10.5. The lowest BCUT2D eigenvalue weighted by Crippen LogP contribution is -2.29. The largest absolute Gasteiger partial charge is 0.467 e. The molecule has 4 heterocycles. The normalized spacial score (nSPS) is 18.2. The second-order valence-electron chi connectivity index (χ2n) is 7.98. The maximum atomic E-state index is 14.0. The van der Waals surface area contributed by atoms with Crippen LogP contribution in [0, 0.1) is 19.7 Å². The van der Waals surface area contributed by atoms with Crippen LogP contribution in [0.2, 0.25) is 0 Å². The molecule has 2 unspecified atom stereocenters. The van der Waals surface area contributed by atoms with E-state index in [1.807, 2.05) is 43.3 Å². The van der Waals surface area contributed by atoms with Gasteiger partial charge in [-0.05, 0) is 80.2 Å². The third-order valence-corrected chi connectivity index (χ3v) is 6.31. The molecule has 0 aliphatic carbocycles. The van der Waals surface area contributed by atoms with Crippen molar-refractivity contribution >= 4 is 17.3 Å². The van der Waals surface area contributed by atoms with Crippen LogP contribution in [0.25, 0.3) is 5.69 Å². The van der Waals surface area contributed by atoms with Gasteiger partial charge >= 0.3 is 0 Å². The molecule has 1 N–H and O–H groups in total. The van der Waals surface area contributed by atoms with Crippen LogP contribution in [0.4, 0.5) is 4.39 Å². The van der Waals surface area contributed by atoms with Gasteiger partial charge in [0.1, 0.15) is 11.6 Å². The van der Waals surface area contributed by atoms with Crippen molar-refractivity contribution in [1.29, 1.82) is 0 Å². The Labute approximate surface area is 191 Å². The van der Waals surface area contributed by atoms with Crippen LogP contribution < -0.4 is 5.32 Å². The lowest BCUT2D eigenvalue weighted by Gasteiger charge is -2.27. The third-order valence-electron chi connectivity index (χ3n) is 5.96. The molecule has 1 aliphatic rings. The standard InChI is InChI=1S/C25H23FN4OS/c1-16-13-21(17(2)30(16)19-8-5-7-18(26)14-19)24-23(22-10-3-4-11-27-22)28-25(32)29(24)15-20-9-6-12-31-20/h3-14,23-24H,15H2,1-2H3,(H,28,32). The van der Waals surface area contributed by atoms with Crippen LogP contribution in [-0.4, -0.2) is 19.6 Å². The van der Waals surface area contributed by atoms with Gasteiger partial charge in [0.2, 0.25) is 0 Å². The zero-order chi connectivity index (χ0) is 22.2. The SMILES string of the molecule is Cc1cc(C2C(c3ccccn3)NC(=S)N2Cc2ccco2)c(C)n1-c1cccc(F)c1. The average molecular weight is 447 g/mol. The summed E-state index contributed by atoms with van der Waals surface area (Å²) in [5, 5.41) is 4.12. The Bertz CT molecular complexity index is 1250. The Morgan fingerprint density at radius 3 is 2.69 bits per heavy atom. The van der Waals surface area contributed by atoms with Gasteiger partial charge in [0.15, 0.2) is 5.11 Å². The van der Waals surface area contributed by atoms with E-state index in [2.05, 4.69) is 32.8 Å². The number of hydrogen-bond donors (Lipinski definition) is 1. The summed E-state index contributed by atoms with van der Waals surface area (Å²) in [5.74, 6) is 0.575. The summed E-state index contributed by atoms with van der Waals surface area (Å²) < 4.78 is 21.7. The molecule has 0 spiro atoms. The summed E-state index contributed by atoms with van der Waals surface area (Å²) in [4.78, 5) is 6.75. The first-order chi connectivity index (χ1) is 15.5. The number of halogens is 1. The van der Waals surface area contributed by atoms with Crippen molar-refractivity contribution in [2.24, 2.45) is 0 Å². The van der Waals surface area contributed by atoms with E-state index in [0.29, 0.717) is 11.7 Å². The van der Waals surface area contributed by atoms with Crippen LogP contribution in [-0.2, 0) is 6.54 Å². The van der Waals surface area contributed by atoms with Crippen molar-refractivity contribution in [3.8, 4) is 5.69 Å². The van der Waals surface area contributed by atoms with Gasteiger partial charge in [-0.3, -0.25) is 4.98 Å². The molecule has 0 bridgehead atoms. The summed E-state index contributed by atoms with van der Waals surface area (Å²) in [6.07, 6.45) is 3.46. The van der Waals surface area contributed by atoms with E-state index in [4.69, 9.17) is 16.6 Å². The van der Waals surface area contributed by atoms with E-state index in [-0.39, 0.29) is 17.9 Å². The quantitative estimate of drug-likeness (QED) is 0.416. The van der Waals surface area contributed by atoms with Gasteiger partial charge in [0.05, 0.1) is 30.6 Å². The zero-order valence-corrected chi connectivity index (χ0v) is 18.6. The number of pyridine rings is 1. The van der Waals surface area contributed by atoms with E-state index >= 15 is 0 Å². The molecular formula is C25H23FN4OS. The lowest BCUT2D eigenvalue weighted by atomic mass is 9.96. The van der Waals surface area contributed by atoms with Crippen molar-refractivity contribution < 1.29 is 8.81 Å². The molecule has 4 aromatic rings. The molecule has 162 valence electrons. The molecule has 3 aromatic heterocycles. The van der Waals surface area contributed by atoms with Gasteiger partial charge in [-0.1, -0.05) is 12.1 Å². The molecule has 1 fully saturated rings. The minimum absolute atomic E-state index is 0.101. The lowest BCUT2D eigenvalue weighted by molar-refractivity contribution is 0.286. The van der Waals surface area contributed by atoms with Crippen molar-refractivity contribution in [3.63, 3.8) is 0 Å². The van der Waals surface area contributed by atoms with E-state index in [1.165, 1.54) is 6.07 Å². The highest BCUT2D eigenvalue weighted by Crippen LogP contribution is 2.42. The van der Waals surface area contributed by atoms with Gasteiger partial charge in [-0.15, -0.1) is 0 Å². The third kappa shape index (κ3) is 3.58. The van der Waals surface area contributed by atoms with Gasteiger partial charge in [0, 0.05) is 23.3 Å². The first kappa shape index (κ1) is 20.5. The molecule has 1 saturated heterocycles. The van der Waals surface area contributed by atoms with Crippen LogP contribution in [0.15, 0.2) is 77.5 Å². The Hall–Kier alpha value is -3.45. The minimum atomic E-state index is -0.258. The summed E-state index contributed by atoms with van der Waals surface area (Å²) in [7, 11) is 0. The number of rotatable bonds is 5. The fourth-order valence-corrected chi connectivity index (χ4v) is 4.89. The predicted molar refractivity (Wildman–Crippen MR) is 125 cm³/mol. The van der Waals surface area contributed by atoms with Gasteiger partial charge < -0.3 is 19.2 Å². The van der Waals surface area contributed by atoms with E-state index in [1.54, 1.807) is 24.6 Å². The van der Waals surface area contributed by atoms with Crippen LogP contribution in [0.3, 0.4) is 0 Å². The van der Waals surface area contributed by atoms with E-state index in [9.17, 15) is 4.39 Å². The Morgan fingerprint density at radius 2 is 1.97 bits per heavy atom. The van der Waals surface area contributed by atoms with Crippen molar-refractivity contribution in [1.82, 2.24) is 19.8 Å². The number of aryl methyl sites for hydroxylation is 1. The summed E-state index contributed by atoms with van der Waals surface area (Å²) in [5.41, 5.74) is 4.89. The molecule has 1 aromatic carbocycles. The number of furan rings is 1. The molecular weight excluding hydrogens is 423 g/mol. The summed E-state index contributed by atoms with van der Waals surface area (Å²) in [6.45, 7) is 4.64. The number of nitrogens with one attached hydrogen (secondary N) is 1. The number of thiocarbonyl (C=S) groups is 1. The molecule has 2 atom stereocenters. The summed E-state index contributed by atoms with van der Waals surface area (Å²) in [6, 6.07) is 18.3. The van der Waals surface area contributed by atoms with E-state index < -0.39 is 0 Å². The molecule has 7 heteroatoms. The molecule has 0 radical (unpaired) electrons. The highest BCUT2D eigenvalue weighted by Gasteiger charge is 2.41. The highest BCUT2D eigenvalue weighted by atomic mass is 32.1. The van der Waals surface area contributed by atoms with Crippen LogP contribution >= 0.6 is 12.2 Å². The molecule has 0 amide bonds. The number of aromatic nitrogens is 2. The average Bonchev–Trinajstić information content (AvgIpc) is 3.48. The van der Waals surface area contributed by atoms with E-state index in [0.717, 1.165) is 34.1 Å². The van der Waals surface area contributed by atoms with Crippen molar-refractivity contribution in [2.75, 3.05) is 0 Å². The van der Waals surface area contributed by atoms with Crippen molar-refractivity contribution in [2.45, 2.75) is 32.5 Å². The fraction of sp³-hybridized carbons (Fsp3) is 0.200. The number of benzene rings is 1. The maximum Gasteiger partial charge on any atom is 0.170 e. The molecule has 32 heavy (non-hydrogen) atoms. The maximum absolute atomic E-state index is 14.0. The number of nitrogens with zero attached hydrogens (tertiary/aromatic N) is 3. The molecule has 1 aliphatic heterocycles. The van der Waals surface area contributed by atoms with Crippen LogP contribution in [0.1, 0.15) is 40.5 Å². The predicted octanol–water partition coefficient (Wildman–Crippen LogP) is 5.39. The summed E-state index contributed by atoms with van der Waals surface area (Å²) >= 11 is 5.75. The van der Waals surface area contributed by atoms with Crippen molar-refractivity contribution in [3.05, 3.63) is 107 Å².